The molecule has 5 nitrogen and oxygen atoms in total. The van der Waals surface area contributed by atoms with Crippen LogP contribution in [0.2, 0.25) is 0 Å². The fraction of sp³-hybridized carbons (Fsp3) is 0.483. The molecule has 1 amide bonds. The third kappa shape index (κ3) is 5.75. The van der Waals surface area contributed by atoms with Crippen molar-refractivity contribution in [2.45, 2.75) is 85.6 Å². The van der Waals surface area contributed by atoms with Crippen LogP contribution in [0.25, 0.3) is 16.6 Å². The monoisotopic (exact) mass is 461 g/mol. The van der Waals surface area contributed by atoms with Gasteiger partial charge in [0.2, 0.25) is 5.91 Å². The largest absolute Gasteiger partial charge is 0.333 e. The first kappa shape index (κ1) is 25.7. The Morgan fingerprint density at radius 1 is 0.971 bits per heavy atom. The Morgan fingerprint density at radius 3 is 2.41 bits per heavy atom. The molecule has 34 heavy (non-hydrogen) atoms. The zero-order valence-electron chi connectivity index (χ0n) is 21.4. The Balaban J connectivity index is 2.14. The molecule has 0 radical (unpaired) electrons. The van der Waals surface area contributed by atoms with Crippen molar-refractivity contribution in [1.29, 1.82) is 0 Å². The molecule has 0 aliphatic carbocycles. The van der Waals surface area contributed by atoms with Gasteiger partial charge in [-0.15, -0.1) is 0 Å². The second-order valence-corrected chi connectivity index (χ2v) is 9.32. The summed E-state index contributed by atoms with van der Waals surface area (Å²) in [6.45, 7) is 11.1. The van der Waals surface area contributed by atoms with Crippen molar-refractivity contribution in [3.63, 3.8) is 0 Å². The van der Waals surface area contributed by atoms with Crippen molar-refractivity contribution in [3.05, 3.63) is 69.8 Å². The van der Waals surface area contributed by atoms with E-state index in [0.717, 1.165) is 49.8 Å². The highest BCUT2D eigenvalue weighted by molar-refractivity contribution is 5.79. The van der Waals surface area contributed by atoms with Crippen LogP contribution >= 0.6 is 0 Å². The molecule has 0 fully saturated rings. The predicted octanol–water partition coefficient (Wildman–Crippen LogP) is 6.66. The molecular weight excluding hydrogens is 422 g/mol. The minimum absolute atomic E-state index is 0.0948. The Labute approximate surface area is 203 Å². The Bertz CT molecular complexity index is 1180. The number of fused-ring (bicyclic) bond motifs is 1. The third-order valence-corrected chi connectivity index (χ3v) is 6.71. The molecule has 0 saturated carbocycles. The first-order valence-corrected chi connectivity index (χ1v) is 12.8. The van der Waals surface area contributed by atoms with E-state index in [-0.39, 0.29) is 17.5 Å². The van der Waals surface area contributed by atoms with E-state index in [9.17, 15) is 9.59 Å². The summed E-state index contributed by atoms with van der Waals surface area (Å²) in [4.78, 5) is 33.9. The van der Waals surface area contributed by atoms with Crippen molar-refractivity contribution >= 4 is 16.8 Å². The Kier molecular flexibility index (Phi) is 9.03. The number of rotatable bonds is 11. The van der Waals surface area contributed by atoms with Gasteiger partial charge in [0.05, 0.1) is 22.6 Å². The predicted molar refractivity (Wildman–Crippen MR) is 141 cm³/mol. The molecule has 0 bridgehead atoms. The maximum atomic E-state index is 13.7. The van der Waals surface area contributed by atoms with Crippen LogP contribution in [0, 0.1) is 13.8 Å². The van der Waals surface area contributed by atoms with Gasteiger partial charge in [-0.1, -0.05) is 57.7 Å². The van der Waals surface area contributed by atoms with Gasteiger partial charge in [0, 0.05) is 13.0 Å². The summed E-state index contributed by atoms with van der Waals surface area (Å²) >= 11 is 0. The smallest absolute Gasteiger partial charge is 0.266 e. The molecule has 5 heteroatoms. The number of carbonyl (C=O) groups is 1. The molecule has 1 atom stereocenters. The lowest BCUT2D eigenvalue weighted by Crippen LogP contribution is -2.38. The molecular formula is C29H39N3O2. The minimum atomic E-state index is -0.315. The lowest BCUT2D eigenvalue weighted by atomic mass is 10.1. The van der Waals surface area contributed by atoms with Crippen LogP contribution in [-0.4, -0.2) is 26.9 Å². The average Bonchev–Trinajstić information content (AvgIpc) is 2.84. The first-order chi connectivity index (χ1) is 16.4. The number of carbonyl (C=O) groups excluding carboxylic acids is 1. The van der Waals surface area contributed by atoms with Gasteiger partial charge in [0.1, 0.15) is 5.82 Å². The van der Waals surface area contributed by atoms with Crippen molar-refractivity contribution in [3.8, 4) is 5.69 Å². The van der Waals surface area contributed by atoms with E-state index in [2.05, 4.69) is 27.7 Å². The highest BCUT2D eigenvalue weighted by Gasteiger charge is 2.26. The van der Waals surface area contributed by atoms with Gasteiger partial charge in [-0.2, -0.15) is 0 Å². The zero-order chi connectivity index (χ0) is 24.7. The number of nitrogens with zero attached hydrogens (tertiary/aromatic N) is 3. The van der Waals surface area contributed by atoms with Crippen LogP contribution in [0.5, 0.6) is 0 Å². The van der Waals surface area contributed by atoms with Gasteiger partial charge >= 0.3 is 0 Å². The summed E-state index contributed by atoms with van der Waals surface area (Å²) in [5.41, 5.74) is 3.66. The lowest BCUT2D eigenvalue weighted by Gasteiger charge is -2.31. The van der Waals surface area contributed by atoms with Crippen LogP contribution in [0.4, 0.5) is 0 Å². The maximum absolute atomic E-state index is 13.7. The van der Waals surface area contributed by atoms with Crippen molar-refractivity contribution in [1.82, 2.24) is 14.5 Å². The normalized spacial score (nSPS) is 12.1. The maximum Gasteiger partial charge on any atom is 0.266 e. The molecule has 1 aromatic heterocycles. The highest BCUT2D eigenvalue weighted by Crippen LogP contribution is 2.25. The molecule has 3 rings (SSSR count). The number of aryl methyl sites for hydroxylation is 2. The Hall–Kier alpha value is -2.95. The number of amides is 1. The average molecular weight is 462 g/mol. The van der Waals surface area contributed by atoms with E-state index in [4.69, 9.17) is 4.98 Å². The third-order valence-electron chi connectivity index (χ3n) is 6.71. The fourth-order valence-corrected chi connectivity index (χ4v) is 4.40. The molecule has 3 aromatic rings. The van der Waals surface area contributed by atoms with E-state index in [1.54, 1.807) is 4.57 Å². The standard InChI is InChI=1S/C29H39N3O2/c1-6-8-10-13-19-31(27(33)16-9-7-2)23(5)28-30-26-15-12-11-14-25(26)29(34)32(28)24-18-17-21(3)22(4)20-24/h11-12,14-15,17-18,20,23H,6-10,13,16,19H2,1-5H3. The SMILES string of the molecule is CCCCCCN(C(=O)CCCC)C(C)c1nc2ccccc2c(=O)n1-c1ccc(C)c(C)c1. The van der Waals surface area contributed by atoms with Gasteiger partial charge in [-0.3, -0.25) is 14.2 Å². The topological polar surface area (TPSA) is 55.2 Å². The van der Waals surface area contributed by atoms with Crippen LogP contribution < -0.4 is 5.56 Å². The molecule has 0 N–H and O–H groups in total. The molecule has 0 spiro atoms. The summed E-state index contributed by atoms with van der Waals surface area (Å²) in [5.74, 6) is 0.757. The molecule has 0 aliphatic rings. The molecule has 182 valence electrons. The molecule has 2 aromatic carbocycles. The van der Waals surface area contributed by atoms with Gasteiger partial charge < -0.3 is 4.90 Å². The zero-order valence-corrected chi connectivity index (χ0v) is 21.4. The molecule has 1 heterocycles. The van der Waals surface area contributed by atoms with Crippen molar-refractivity contribution in [2.24, 2.45) is 0 Å². The van der Waals surface area contributed by atoms with E-state index >= 15 is 0 Å². The van der Waals surface area contributed by atoms with Gasteiger partial charge in [0.15, 0.2) is 0 Å². The lowest BCUT2D eigenvalue weighted by molar-refractivity contribution is -0.133. The highest BCUT2D eigenvalue weighted by atomic mass is 16.2. The molecule has 1 unspecified atom stereocenters. The summed E-state index contributed by atoms with van der Waals surface area (Å²) < 4.78 is 1.71. The van der Waals surface area contributed by atoms with Crippen molar-refractivity contribution < 1.29 is 4.79 Å². The number of aromatic nitrogens is 2. The second-order valence-electron chi connectivity index (χ2n) is 9.32. The number of hydrogen-bond donors (Lipinski definition) is 0. The second kappa shape index (κ2) is 12.0. The van der Waals surface area contributed by atoms with Gasteiger partial charge in [-0.05, 0) is 69.0 Å². The van der Waals surface area contributed by atoms with Crippen LogP contribution in [0.3, 0.4) is 0 Å². The van der Waals surface area contributed by atoms with Crippen molar-refractivity contribution in [2.75, 3.05) is 6.54 Å². The minimum Gasteiger partial charge on any atom is -0.333 e. The van der Waals surface area contributed by atoms with Crippen LogP contribution in [0.15, 0.2) is 47.3 Å². The van der Waals surface area contributed by atoms with Gasteiger partial charge in [0.25, 0.3) is 5.56 Å². The number of para-hydroxylation sites is 1. The number of benzene rings is 2. The molecule has 0 saturated heterocycles. The molecule has 0 aliphatic heterocycles. The van der Waals surface area contributed by atoms with Crippen LogP contribution in [-0.2, 0) is 4.79 Å². The van der Waals surface area contributed by atoms with E-state index in [1.807, 2.05) is 54.3 Å². The first-order valence-electron chi connectivity index (χ1n) is 12.8. The number of unbranched alkanes of at least 4 members (excludes halogenated alkanes) is 4. The fourth-order valence-electron chi connectivity index (χ4n) is 4.40. The number of hydrogen-bond acceptors (Lipinski definition) is 3. The van der Waals surface area contributed by atoms with E-state index < -0.39 is 0 Å². The summed E-state index contributed by atoms with van der Waals surface area (Å²) in [7, 11) is 0. The van der Waals surface area contributed by atoms with E-state index in [0.29, 0.717) is 29.7 Å². The quantitative estimate of drug-likeness (QED) is 0.300. The van der Waals surface area contributed by atoms with Gasteiger partial charge in [-0.25, -0.2) is 4.98 Å². The summed E-state index contributed by atoms with van der Waals surface area (Å²) in [5, 5.41) is 0.587. The Morgan fingerprint density at radius 2 is 1.71 bits per heavy atom. The van der Waals surface area contributed by atoms with Crippen LogP contribution in [0.1, 0.15) is 88.7 Å². The van der Waals surface area contributed by atoms with E-state index in [1.165, 1.54) is 5.56 Å². The summed E-state index contributed by atoms with van der Waals surface area (Å²) in [6.07, 6.45) is 6.73. The summed E-state index contributed by atoms with van der Waals surface area (Å²) in [6, 6.07) is 13.2.